The largest absolute Gasteiger partial charge is 0.312 e. The maximum absolute atomic E-state index is 4.59. The lowest BCUT2D eigenvalue weighted by molar-refractivity contribution is 0.234. The summed E-state index contributed by atoms with van der Waals surface area (Å²) in [6.07, 6.45) is 1.31. The van der Waals surface area contributed by atoms with Crippen LogP contribution in [0.25, 0.3) is 0 Å². The lowest BCUT2D eigenvalue weighted by atomic mass is 10.0. The minimum Gasteiger partial charge on any atom is -0.312 e. The molecular weight excluding hydrogens is 222 g/mol. The first-order chi connectivity index (χ1) is 8.69. The van der Waals surface area contributed by atoms with Crippen LogP contribution in [0.1, 0.15) is 31.7 Å². The maximum Gasteiger partial charge on any atom is 0.0547 e. The van der Waals surface area contributed by atoms with E-state index in [1.54, 1.807) is 0 Å². The van der Waals surface area contributed by atoms with Gasteiger partial charge in [0.25, 0.3) is 0 Å². The number of hydrogen-bond acceptors (Lipinski definition) is 3. The van der Waals surface area contributed by atoms with Crippen molar-refractivity contribution in [2.75, 3.05) is 19.6 Å². The summed E-state index contributed by atoms with van der Waals surface area (Å²) >= 11 is 0. The van der Waals surface area contributed by atoms with Crippen molar-refractivity contribution in [1.29, 1.82) is 0 Å². The SMILES string of the molecule is CCN(Cc1cccc(C)n1)CC1NCCC1C. The molecule has 1 N–H and O–H groups in total. The summed E-state index contributed by atoms with van der Waals surface area (Å²) in [5, 5.41) is 3.61. The van der Waals surface area contributed by atoms with Gasteiger partial charge in [-0.25, -0.2) is 0 Å². The second kappa shape index (κ2) is 6.30. The van der Waals surface area contributed by atoms with Crippen LogP contribution in [-0.4, -0.2) is 35.6 Å². The number of rotatable bonds is 5. The van der Waals surface area contributed by atoms with Gasteiger partial charge in [0.1, 0.15) is 0 Å². The van der Waals surface area contributed by atoms with Crippen molar-refractivity contribution >= 4 is 0 Å². The fraction of sp³-hybridized carbons (Fsp3) is 0.667. The summed E-state index contributed by atoms with van der Waals surface area (Å²) in [6, 6.07) is 6.93. The molecule has 2 rings (SSSR count). The average Bonchev–Trinajstić information content (AvgIpc) is 2.74. The topological polar surface area (TPSA) is 28.2 Å². The van der Waals surface area contributed by atoms with Crippen LogP contribution in [0.3, 0.4) is 0 Å². The lowest BCUT2D eigenvalue weighted by Gasteiger charge is -2.26. The van der Waals surface area contributed by atoms with Crippen molar-refractivity contribution < 1.29 is 0 Å². The van der Waals surface area contributed by atoms with Crippen LogP contribution in [0.15, 0.2) is 18.2 Å². The van der Waals surface area contributed by atoms with Gasteiger partial charge in [-0.3, -0.25) is 9.88 Å². The molecule has 2 unspecified atom stereocenters. The molecule has 3 nitrogen and oxygen atoms in total. The molecule has 0 saturated carbocycles. The van der Waals surface area contributed by atoms with Crippen molar-refractivity contribution in [2.45, 2.75) is 39.8 Å². The van der Waals surface area contributed by atoms with Crippen LogP contribution >= 0.6 is 0 Å². The molecule has 0 radical (unpaired) electrons. The van der Waals surface area contributed by atoms with Crippen molar-refractivity contribution in [3.8, 4) is 0 Å². The van der Waals surface area contributed by atoms with Gasteiger partial charge in [-0.05, 0) is 44.5 Å². The first kappa shape index (κ1) is 13.5. The molecule has 0 spiro atoms. The molecular formula is C15H25N3. The van der Waals surface area contributed by atoms with Crippen LogP contribution in [-0.2, 0) is 6.54 Å². The van der Waals surface area contributed by atoms with Gasteiger partial charge < -0.3 is 5.32 Å². The summed E-state index contributed by atoms with van der Waals surface area (Å²) in [5.74, 6) is 0.796. The number of pyridine rings is 1. The number of nitrogens with zero attached hydrogens (tertiary/aromatic N) is 2. The van der Waals surface area contributed by atoms with Crippen molar-refractivity contribution in [2.24, 2.45) is 5.92 Å². The second-order valence-corrected chi connectivity index (χ2v) is 5.42. The van der Waals surface area contributed by atoms with Crippen LogP contribution < -0.4 is 5.32 Å². The Bertz CT molecular complexity index is 378. The Morgan fingerprint density at radius 2 is 2.28 bits per heavy atom. The summed E-state index contributed by atoms with van der Waals surface area (Å²) < 4.78 is 0. The van der Waals surface area contributed by atoms with Crippen molar-refractivity contribution in [1.82, 2.24) is 15.2 Å². The third kappa shape index (κ3) is 3.53. The highest BCUT2D eigenvalue weighted by Crippen LogP contribution is 2.16. The number of aryl methyl sites for hydroxylation is 1. The van der Waals surface area contributed by atoms with E-state index in [0.29, 0.717) is 6.04 Å². The molecule has 1 aliphatic heterocycles. The molecule has 0 aliphatic carbocycles. The highest BCUT2D eigenvalue weighted by Gasteiger charge is 2.24. The Balaban J connectivity index is 1.92. The number of nitrogens with one attached hydrogen (secondary N) is 1. The van der Waals surface area contributed by atoms with Gasteiger partial charge in [-0.1, -0.05) is 19.9 Å². The minimum atomic E-state index is 0.648. The first-order valence-electron chi connectivity index (χ1n) is 7.07. The van der Waals surface area contributed by atoms with E-state index in [1.165, 1.54) is 18.7 Å². The normalized spacial score (nSPS) is 23.8. The molecule has 3 heteroatoms. The van der Waals surface area contributed by atoms with Gasteiger partial charge in [0.15, 0.2) is 0 Å². The summed E-state index contributed by atoms with van der Waals surface area (Å²) in [4.78, 5) is 7.08. The zero-order valence-corrected chi connectivity index (χ0v) is 11.8. The van der Waals surface area contributed by atoms with Crippen molar-refractivity contribution in [3.63, 3.8) is 0 Å². The molecule has 1 fully saturated rings. The number of likely N-dealkylation sites (N-methyl/N-ethyl adjacent to an activating group) is 1. The van der Waals surface area contributed by atoms with E-state index in [4.69, 9.17) is 0 Å². The van der Waals surface area contributed by atoms with E-state index in [9.17, 15) is 0 Å². The van der Waals surface area contributed by atoms with Gasteiger partial charge in [-0.2, -0.15) is 0 Å². The molecule has 1 aromatic rings. The summed E-state index contributed by atoms with van der Waals surface area (Å²) in [7, 11) is 0. The highest BCUT2D eigenvalue weighted by molar-refractivity contribution is 5.09. The van der Waals surface area contributed by atoms with E-state index >= 15 is 0 Å². The zero-order valence-electron chi connectivity index (χ0n) is 11.8. The average molecular weight is 247 g/mol. The fourth-order valence-electron chi connectivity index (χ4n) is 2.64. The predicted octanol–water partition coefficient (Wildman–Crippen LogP) is 2.21. The van der Waals surface area contributed by atoms with E-state index in [1.807, 2.05) is 0 Å². The van der Waals surface area contributed by atoms with Gasteiger partial charge in [-0.15, -0.1) is 0 Å². The van der Waals surface area contributed by atoms with Crippen molar-refractivity contribution in [3.05, 3.63) is 29.6 Å². The molecule has 0 bridgehead atoms. The van der Waals surface area contributed by atoms with Crippen LogP contribution in [0.5, 0.6) is 0 Å². The fourth-order valence-corrected chi connectivity index (χ4v) is 2.64. The van der Waals surface area contributed by atoms with Crippen LogP contribution in [0, 0.1) is 12.8 Å². The standard InChI is InChI=1S/C15H25N3/c1-4-18(11-15-12(2)8-9-16-15)10-14-7-5-6-13(3)17-14/h5-7,12,15-16H,4,8-11H2,1-3H3. The molecule has 100 valence electrons. The van der Waals surface area contributed by atoms with Gasteiger partial charge in [0, 0.05) is 24.8 Å². The minimum absolute atomic E-state index is 0.648. The Kier molecular flexibility index (Phi) is 4.72. The lowest BCUT2D eigenvalue weighted by Crippen LogP contribution is -2.39. The third-order valence-electron chi connectivity index (χ3n) is 3.93. The first-order valence-corrected chi connectivity index (χ1v) is 7.07. The van der Waals surface area contributed by atoms with E-state index in [2.05, 4.69) is 54.2 Å². The molecule has 0 aromatic carbocycles. The Hall–Kier alpha value is -0.930. The quantitative estimate of drug-likeness (QED) is 0.864. The Morgan fingerprint density at radius 1 is 1.44 bits per heavy atom. The number of hydrogen-bond donors (Lipinski definition) is 1. The molecule has 1 aromatic heterocycles. The Labute approximate surface area is 111 Å². The molecule has 2 atom stereocenters. The molecule has 0 amide bonds. The zero-order chi connectivity index (χ0) is 13.0. The van der Waals surface area contributed by atoms with E-state index in [0.717, 1.165) is 31.2 Å². The number of aromatic nitrogens is 1. The monoisotopic (exact) mass is 247 g/mol. The Morgan fingerprint density at radius 3 is 2.89 bits per heavy atom. The van der Waals surface area contributed by atoms with Gasteiger partial charge in [0.2, 0.25) is 0 Å². The third-order valence-corrected chi connectivity index (χ3v) is 3.93. The molecule has 2 heterocycles. The highest BCUT2D eigenvalue weighted by atomic mass is 15.2. The van der Waals surface area contributed by atoms with Crippen LogP contribution in [0.4, 0.5) is 0 Å². The predicted molar refractivity (Wildman–Crippen MR) is 75.5 cm³/mol. The maximum atomic E-state index is 4.59. The van der Waals surface area contributed by atoms with Crippen LogP contribution in [0.2, 0.25) is 0 Å². The van der Waals surface area contributed by atoms with Gasteiger partial charge >= 0.3 is 0 Å². The van der Waals surface area contributed by atoms with E-state index in [-0.39, 0.29) is 0 Å². The summed E-state index contributed by atoms with van der Waals surface area (Å²) in [5.41, 5.74) is 2.29. The van der Waals surface area contributed by atoms with Gasteiger partial charge in [0.05, 0.1) is 5.69 Å². The molecule has 18 heavy (non-hydrogen) atoms. The smallest absolute Gasteiger partial charge is 0.0547 e. The molecule has 1 aliphatic rings. The second-order valence-electron chi connectivity index (χ2n) is 5.42. The van der Waals surface area contributed by atoms with E-state index < -0.39 is 0 Å². The molecule has 1 saturated heterocycles. The summed E-state index contributed by atoms with van der Waals surface area (Å²) in [6.45, 7) is 11.0.